The van der Waals surface area contributed by atoms with E-state index in [0.29, 0.717) is 11.1 Å². The van der Waals surface area contributed by atoms with Gasteiger partial charge in [-0.15, -0.1) is 0 Å². The zero-order valence-corrected chi connectivity index (χ0v) is 7.88. The van der Waals surface area contributed by atoms with Crippen LogP contribution in [0.3, 0.4) is 0 Å². The molecule has 1 aromatic rings. The summed E-state index contributed by atoms with van der Waals surface area (Å²) in [6.07, 6.45) is 1.10. The van der Waals surface area contributed by atoms with E-state index in [2.05, 4.69) is 0 Å². The molecule has 4 heteroatoms. The van der Waals surface area contributed by atoms with Crippen LogP contribution in [0.1, 0.15) is 11.1 Å². The molecule has 0 fully saturated rings. The first kappa shape index (κ1) is 9.75. The van der Waals surface area contributed by atoms with Crippen LogP contribution in [0.4, 0.5) is 0 Å². The monoisotopic (exact) mass is 194 g/mol. The lowest BCUT2D eigenvalue weighted by atomic mass is 10.1. The SMILES string of the molecule is CS(=O)(=O)[CH]c1ccccc1C#N. The lowest BCUT2D eigenvalue weighted by molar-refractivity contribution is 0.608. The van der Waals surface area contributed by atoms with E-state index in [4.69, 9.17) is 5.26 Å². The van der Waals surface area contributed by atoms with Crippen LogP contribution in [0.2, 0.25) is 0 Å². The highest BCUT2D eigenvalue weighted by Crippen LogP contribution is 2.12. The van der Waals surface area contributed by atoms with Crippen molar-refractivity contribution in [3.8, 4) is 6.07 Å². The second-order valence-electron chi connectivity index (χ2n) is 2.65. The van der Waals surface area contributed by atoms with E-state index in [1.807, 2.05) is 6.07 Å². The molecule has 0 atom stereocenters. The lowest BCUT2D eigenvalue weighted by Crippen LogP contribution is -1.99. The molecule has 0 spiro atoms. The summed E-state index contributed by atoms with van der Waals surface area (Å²) in [5, 5.41) is 8.65. The molecule has 1 aromatic carbocycles. The minimum atomic E-state index is -3.19. The normalized spacial score (nSPS) is 10.8. The van der Waals surface area contributed by atoms with Gasteiger partial charge in [-0.05, 0) is 11.6 Å². The van der Waals surface area contributed by atoms with E-state index in [9.17, 15) is 8.42 Å². The molecule has 0 N–H and O–H groups in total. The summed E-state index contributed by atoms with van der Waals surface area (Å²) in [6.45, 7) is 0. The Hall–Kier alpha value is -1.34. The average molecular weight is 194 g/mol. The van der Waals surface area contributed by atoms with Crippen molar-refractivity contribution in [2.75, 3.05) is 6.26 Å². The van der Waals surface area contributed by atoms with Gasteiger partial charge in [0.05, 0.1) is 11.6 Å². The number of rotatable bonds is 2. The Morgan fingerprint density at radius 1 is 1.38 bits per heavy atom. The predicted molar refractivity (Wildman–Crippen MR) is 49.4 cm³/mol. The van der Waals surface area contributed by atoms with Crippen molar-refractivity contribution in [1.82, 2.24) is 0 Å². The maximum absolute atomic E-state index is 10.9. The first-order chi connectivity index (χ1) is 6.03. The Morgan fingerprint density at radius 2 is 2.00 bits per heavy atom. The third kappa shape index (κ3) is 2.88. The van der Waals surface area contributed by atoms with Crippen LogP contribution in [0.5, 0.6) is 0 Å². The molecular weight excluding hydrogens is 186 g/mol. The second kappa shape index (κ2) is 3.58. The lowest BCUT2D eigenvalue weighted by Gasteiger charge is -1.99. The van der Waals surface area contributed by atoms with Crippen LogP contribution < -0.4 is 0 Å². The summed E-state index contributed by atoms with van der Waals surface area (Å²) in [4.78, 5) is 0. The Kier molecular flexibility index (Phi) is 2.69. The van der Waals surface area contributed by atoms with Crippen molar-refractivity contribution in [1.29, 1.82) is 5.26 Å². The van der Waals surface area contributed by atoms with Crippen LogP contribution in [-0.4, -0.2) is 14.7 Å². The summed E-state index contributed by atoms with van der Waals surface area (Å²) in [5.74, 6) is 1.09. The van der Waals surface area contributed by atoms with E-state index >= 15 is 0 Å². The summed E-state index contributed by atoms with van der Waals surface area (Å²) in [6, 6.07) is 8.48. The molecule has 0 aromatic heterocycles. The second-order valence-corrected chi connectivity index (χ2v) is 4.54. The van der Waals surface area contributed by atoms with Crippen molar-refractivity contribution >= 4 is 9.84 Å². The van der Waals surface area contributed by atoms with Gasteiger partial charge < -0.3 is 0 Å². The molecule has 3 nitrogen and oxygen atoms in total. The Bertz CT molecular complexity index is 443. The largest absolute Gasteiger partial charge is 0.228 e. The van der Waals surface area contributed by atoms with Gasteiger partial charge >= 0.3 is 0 Å². The Labute approximate surface area is 77.5 Å². The number of nitriles is 1. The van der Waals surface area contributed by atoms with Gasteiger partial charge in [-0.2, -0.15) is 5.26 Å². The molecule has 0 unspecified atom stereocenters. The van der Waals surface area contributed by atoms with Gasteiger partial charge in [-0.25, -0.2) is 8.42 Å². The first-order valence-corrected chi connectivity index (χ1v) is 5.52. The third-order valence-corrected chi connectivity index (χ3v) is 2.10. The van der Waals surface area contributed by atoms with E-state index in [1.54, 1.807) is 24.3 Å². The molecule has 13 heavy (non-hydrogen) atoms. The third-order valence-electron chi connectivity index (χ3n) is 1.42. The molecular formula is C9H8NO2S. The van der Waals surface area contributed by atoms with E-state index in [1.165, 1.54) is 0 Å². The summed E-state index contributed by atoms with van der Waals surface area (Å²) in [5.41, 5.74) is 0.806. The zero-order valence-electron chi connectivity index (χ0n) is 7.06. The number of benzene rings is 1. The maximum Gasteiger partial charge on any atom is 0.156 e. The average Bonchev–Trinajstić information content (AvgIpc) is 2.02. The molecule has 0 saturated heterocycles. The minimum Gasteiger partial charge on any atom is -0.228 e. The van der Waals surface area contributed by atoms with Crippen molar-refractivity contribution in [3.63, 3.8) is 0 Å². The van der Waals surface area contributed by atoms with Gasteiger partial charge in [0.15, 0.2) is 9.84 Å². The molecule has 0 saturated carbocycles. The minimum absolute atomic E-state index is 0.368. The predicted octanol–water partition coefficient (Wildman–Crippen LogP) is 1.11. The van der Waals surface area contributed by atoms with Crippen molar-refractivity contribution in [2.24, 2.45) is 0 Å². The first-order valence-electron chi connectivity index (χ1n) is 3.57. The standard InChI is InChI=1S/C9H8NO2S/c1-13(11,12)7-9-5-3-2-4-8(9)6-10/h2-5,7H,1H3. The highest BCUT2D eigenvalue weighted by molar-refractivity contribution is 7.92. The number of hydrogen-bond donors (Lipinski definition) is 0. The smallest absolute Gasteiger partial charge is 0.156 e. The number of nitrogens with zero attached hydrogens (tertiary/aromatic N) is 1. The van der Waals surface area contributed by atoms with E-state index in [-0.39, 0.29) is 0 Å². The van der Waals surface area contributed by atoms with Gasteiger partial charge in [-0.3, -0.25) is 0 Å². The van der Waals surface area contributed by atoms with Crippen LogP contribution in [0.25, 0.3) is 0 Å². The molecule has 0 aliphatic rings. The van der Waals surface area contributed by atoms with Crippen LogP contribution in [0.15, 0.2) is 24.3 Å². The fourth-order valence-electron chi connectivity index (χ4n) is 0.932. The Morgan fingerprint density at radius 3 is 2.54 bits per heavy atom. The molecule has 0 bridgehead atoms. The van der Waals surface area contributed by atoms with Crippen molar-refractivity contribution in [3.05, 3.63) is 41.1 Å². The van der Waals surface area contributed by atoms with Crippen LogP contribution in [-0.2, 0) is 9.84 Å². The quantitative estimate of drug-likeness (QED) is 0.708. The van der Waals surface area contributed by atoms with E-state index in [0.717, 1.165) is 12.0 Å². The van der Waals surface area contributed by atoms with Gasteiger partial charge in [0.2, 0.25) is 0 Å². The topological polar surface area (TPSA) is 57.9 Å². The number of sulfone groups is 1. The van der Waals surface area contributed by atoms with Crippen LogP contribution >= 0.6 is 0 Å². The maximum atomic E-state index is 10.9. The van der Waals surface area contributed by atoms with Crippen LogP contribution in [0, 0.1) is 17.1 Å². The van der Waals surface area contributed by atoms with Gasteiger partial charge in [0, 0.05) is 6.26 Å². The fourth-order valence-corrected chi connectivity index (χ4v) is 1.60. The van der Waals surface area contributed by atoms with Crippen molar-refractivity contribution < 1.29 is 8.42 Å². The van der Waals surface area contributed by atoms with Crippen molar-refractivity contribution in [2.45, 2.75) is 0 Å². The molecule has 1 rings (SSSR count). The highest BCUT2D eigenvalue weighted by Gasteiger charge is 2.08. The molecule has 0 heterocycles. The zero-order chi connectivity index (χ0) is 9.90. The molecule has 1 radical (unpaired) electrons. The molecule has 0 aliphatic carbocycles. The molecule has 0 amide bonds. The fraction of sp³-hybridized carbons (Fsp3) is 0.111. The molecule has 67 valence electrons. The summed E-state index contributed by atoms with van der Waals surface area (Å²) < 4.78 is 21.8. The number of hydrogen-bond acceptors (Lipinski definition) is 3. The summed E-state index contributed by atoms with van der Waals surface area (Å²) in [7, 11) is -3.19. The molecule has 0 aliphatic heterocycles. The Balaban J connectivity index is 3.10. The van der Waals surface area contributed by atoms with Gasteiger partial charge in [-0.1, -0.05) is 18.2 Å². The van der Waals surface area contributed by atoms with E-state index < -0.39 is 9.84 Å². The van der Waals surface area contributed by atoms with Gasteiger partial charge in [0.25, 0.3) is 0 Å². The highest BCUT2D eigenvalue weighted by atomic mass is 32.2. The summed E-state index contributed by atoms with van der Waals surface area (Å²) >= 11 is 0. The van der Waals surface area contributed by atoms with Gasteiger partial charge in [0.1, 0.15) is 5.75 Å².